The van der Waals surface area contributed by atoms with Crippen molar-refractivity contribution in [3.8, 4) is 5.75 Å². The van der Waals surface area contributed by atoms with E-state index < -0.39 is 21.5 Å². The number of nitrogens with one attached hydrogen (secondary N) is 2. The van der Waals surface area contributed by atoms with Crippen LogP contribution in [0.3, 0.4) is 0 Å². The molecular formula is C19H28ClFN2O2S. The first kappa shape index (κ1) is 21.4. The molecule has 0 radical (unpaired) electrons. The maximum absolute atomic E-state index is 14.0. The van der Waals surface area contributed by atoms with E-state index in [4.69, 9.17) is 16.3 Å². The van der Waals surface area contributed by atoms with Gasteiger partial charge >= 0.3 is 0 Å². The number of ether oxygens (including phenoxy) is 1. The topological polar surface area (TPSA) is 50.4 Å². The first-order valence-electron chi connectivity index (χ1n) is 8.85. The van der Waals surface area contributed by atoms with Gasteiger partial charge in [0.05, 0.1) is 26.8 Å². The number of halogens is 2. The molecule has 26 heavy (non-hydrogen) atoms. The zero-order valence-corrected chi connectivity index (χ0v) is 17.2. The van der Waals surface area contributed by atoms with Crippen LogP contribution in [0.1, 0.15) is 45.2 Å². The molecule has 1 saturated heterocycles. The minimum atomic E-state index is -1.28. The lowest BCUT2D eigenvalue weighted by molar-refractivity contribution is 0.294. The first-order valence-corrected chi connectivity index (χ1v) is 10.4. The molecule has 7 heteroatoms. The minimum Gasteiger partial charge on any atom is -0.489 e. The molecule has 1 aliphatic heterocycles. The van der Waals surface area contributed by atoms with E-state index in [1.54, 1.807) is 12.1 Å². The number of rotatable bonds is 7. The summed E-state index contributed by atoms with van der Waals surface area (Å²) in [6.07, 6.45) is 3.46. The average Bonchev–Trinajstić information content (AvgIpc) is 2.60. The lowest BCUT2D eigenvalue weighted by Gasteiger charge is -2.34. The minimum absolute atomic E-state index is 0.0354. The molecule has 146 valence electrons. The summed E-state index contributed by atoms with van der Waals surface area (Å²) in [5.74, 6) is 0.124. The maximum Gasteiger partial charge on any atom is 0.145 e. The molecule has 0 aliphatic carbocycles. The van der Waals surface area contributed by atoms with Crippen molar-refractivity contribution in [3.63, 3.8) is 0 Å². The first-order chi connectivity index (χ1) is 12.2. The van der Waals surface area contributed by atoms with Crippen LogP contribution in [-0.4, -0.2) is 28.7 Å². The number of benzene rings is 1. The molecule has 0 saturated carbocycles. The Morgan fingerprint density at radius 2 is 2.12 bits per heavy atom. The lowest BCUT2D eigenvalue weighted by Crippen LogP contribution is -2.41. The zero-order valence-electron chi connectivity index (χ0n) is 15.6. The summed E-state index contributed by atoms with van der Waals surface area (Å²) in [6, 6.07) is 2.65. The summed E-state index contributed by atoms with van der Waals surface area (Å²) in [7, 11) is -1.28. The molecule has 2 N–H and O–H groups in total. The van der Waals surface area contributed by atoms with Gasteiger partial charge < -0.3 is 10.1 Å². The monoisotopic (exact) mass is 402 g/mol. The van der Waals surface area contributed by atoms with Crippen molar-refractivity contribution in [2.45, 2.75) is 44.4 Å². The van der Waals surface area contributed by atoms with Crippen molar-refractivity contribution < 1.29 is 13.3 Å². The van der Waals surface area contributed by atoms with Crippen molar-refractivity contribution in [2.75, 3.05) is 19.7 Å². The molecule has 2 rings (SSSR count). The van der Waals surface area contributed by atoms with Gasteiger partial charge in [0.2, 0.25) is 0 Å². The van der Waals surface area contributed by atoms with E-state index in [-0.39, 0.29) is 23.6 Å². The third-order valence-corrected chi connectivity index (χ3v) is 6.26. The van der Waals surface area contributed by atoms with Gasteiger partial charge in [0.25, 0.3) is 0 Å². The summed E-state index contributed by atoms with van der Waals surface area (Å²) in [5, 5.41) is 3.38. The van der Waals surface area contributed by atoms with E-state index in [0.717, 1.165) is 31.5 Å². The van der Waals surface area contributed by atoms with E-state index in [2.05, 4.69) is 16.6 Å². The van der Waals surface area contributed by atoms with Gasteiger partial charge in [0, 0.05) is 11.6 Å². The number of hydrogen-bond acceptors (Lipinski definition) is 3. The summed E-state index contributed by atoms with van der Waals surface area (Å²) in [5.41, 5.74) is 0.739. The second-order valence-corrected chi connectivity index (χ2v) is 9.87. The fourth-order valence-corrected chi connectivity index (χ4v) is 4.02. The highest BCUT2D eigenvalue weighted by atomic mass is 35.5. The fraction of sp³-hybridized carbons (Fsp3) is 0.579. The Labute approximate surface area is 163 Å². The number of hydrogen-bond donors (Lipinski definition) is 2. The van der Waals surface area contributed by atoms with Crippen LogP contribution in [0.25, 0.3) is 0 Å². The van der Waals surface area contributed by atoms with Gasteiger partial charge in [-0.2, -0.15) is 0 Å². The van der Waals surface area contributed by atoms with E-state index in [0.29, 0.717) is 5.75 Å². The van der Waals surface area contributed by atoms with Crippen molar-refractivity contribution in [2.24, 2.45) is 5.92 Å². The maximum atomic E-state index is 14.0. The van der Waals surface area contributed by atoms with Crippen LogP contribution in [-0.2, 0) is 11.0 Å². The van der Waals surface area contributed by atoms with Crippen molar-refractivity contribution in [1.82, 2.24) is 10.0 Å². The second-order valence-electron chi connectivity index (χ2n) is 7.47. The average molecular weight is 403 g/mol. The van der Waals surface area contributed by atoms with Crippen LogP contribution in [0.15, 0.2) is 24.8 Å². The van der Waals surface area contributed by atoms with Crippen LogP contribution in [0.4, 0.5) is 4.39 Å². The molecule has 0 amide bonds. The number of piperidine rings is 1. The SMILES string of the molecule is C=CCOc1cc(F)c(Cl)cc1[C@H](N[S@@](=O)C(C)(C)C)C1CCNCC1. The Bertz CT molecular complexity index is 658. The molecule has 1 aromatic carbocycles. The lowest BCUT2D eigenvalue weighted by atomic mass is 9.86. The molecule has 0 aromatic heterocycles. The highest BCUT2D eigenvalue weighted by Crippen LogP contribution is 2.38. The van der Waals surface area contributed by atoms with Gasteiger partial charge in [-0.25, -0.2) is 13.3 Å². The summed E-state index contributed by atoms with van der Waals surface area (Å²) < 4.78 is 35.3. The van der Waals surface area contributed by atoms with Gasteiger partial charge in [-0.3, -0.25) is 0 Å². The van der Waals surface area contributed by atoms with Crippen LogP contribution in [0.5, 0.6) is 5.75 Å². The highest BCUT2D eigenvalue weighted by molar-refractivity contribution is 7.84. The summed E-state index contributed by atoms with van der Waals surface area (Å²) >= 11 is 6.06. The van der Waals surface area contributed by atoms with Crippen LogP contribution in [0, 0.1) is 11.7 Å². The summed E-state index contributed by atoms with van der Waals surface area (Å²) in [6.45, 7) is 11.4. The second kappa shape index (κ2) is 9.31. The standard InChI is InChI=1S/C19H28ClFN2O2S/c1-5-10-25-17-12-16(21)15(20)11-14(17)18(13-6-8-22-9-7-13)23-26(24)19(2,3)4/h5,11-13,18,22-23H,1,6-10H2,2-4H3/t18-,26+/m1/s1. The summed E-state index contributed by atoms with van der Waals surface area (Å²) in [4.78, 5) is 0. The Morgan fingerprint density at radius 1 is 1.46 bits per heavy atom. The Morgan fingerprint density at radius 3 is 2.69 bits per heavy atom. The highest BCUT2D eigenvalue weighted by Gasteiger charge is 2.32. The van der Waals surface area contributed by atoms with Gasteiger partial charge in [0.15, 0.2) is 0 Å². The van der Waals surface area contributed by atoms with Crippen LogP contribution in [0.2, 0.25) is 5.02 Å². The molecule has 2 atom stereocenters. The van der Waals surface area contributed by atoms with Crippen molar-refractivity contribution in [1.29, 1.82) is 0 Å². The van der Waals surface area contributed by atoms with E-state index in [9.17, 15) is 8.60 Å². The van der Waals surface area contributed by atoms with E-state index in [1.807, 2.05) is 20.8 Å². The normalized spacial score (nSPS) is 18.3. The van der Waals surface area contributed by atoms with Gasteiger partial charge in [0.1, 0.15) is 18.2 Å². The van der Waals surface area contributed by atoms with Gasteiger partial charge in [-0.1, -0.05) is 24.3 Å². The van der Waals surface area contributed by atoms with E-state index in [1.165, 1.54) is 6.07 Å². The van der Waals surface area contributed by atoms with Gasteiger partial charge in [-0.05, 0) is 58.7 Å². The largest absolute Gasteiger partial charge is 0.489 e. The molecule has 4 nitrogen and oxygen atoms in total. The molecule has 1 fully saturated rings. The smallest absolute Gasteiger partial charge is 0.145 e. The zero-order chi connectivity index (χ0) is 19.3. The molecule has 1 aliphatic rings. The predicted molar refractivity (Wildman–Crippen MR) is 106 cm³/mol. The molecule has 1 heterocycles. The van der Waals surface area contributed by atoms with Crippen LogP contribution >= 0.6 is 11.6 Å². The predicted octanol–water partition coefficient (Wildman–Crippen LogP) is 4.14. The van der Waals surface area contributed by atoms with E-state index >= 15 is 0 Å². The molecule has 0 unspecified atom stereocenters. The third kappa shape index (κ3) is 5.52. The van der Waals surface area contributed by atoms with Gasteiger partial charge in [-0.15, -0.1) is 0 Å². The molecule has 1 aromatic rings. The molecule has 0 spiro atoms. The van der Waals surface area contributed by atoms with Crippen molar-refractivity contribution >= 4 is 22.6 Å². The van der Waals surface area contributed by atoms with Crippen molar-refractivity contribution in [3.05, 3.63) is 41.2 Å². The Balaban J connectivity index is 2.44. The quantitative estimate of drug-likeness (QED) is 0.674. The Kier molecular flexibility index (Phi) is 7.64. The van der Waals surface area contributed by atoms with Crippen LogP contribution < -0.4 is 14.8 Å². The molecule has 0 bridgehead atoms. The fourth-order valence-electron chi connectivity index (χ4n) is 2.94. The third-order valence-electron chi connectivity index (χ3n) is 4.39. The molecular weight excluding hydrogens is 375 g/mol. The Hall–Kier alpha value is -0.950.